The highest BCUT2D eigenvalue weighted by Gasteiger charge is 2.25. The molecule has 19 heavy (non-hydrogen) atoms. The number of benzene rings is 1. The number of anilines is 2. The zero-order chi connectivity index (χ0) is 13.9. The third kappa shape index (κ3) is 2.82. The van der Waals surface area contributed by atoms with Crippen LogP contribution in [0.15, 0.2) is 24.3 Å². The van der Waals surface area contributed by atoms with Crippen molar-refractivity contribution in [3.63, 3.8) is 0 Å². The molecule has 4 heteroatoms. The summed E-state index contributed by atoms with van der Waals surface area (Å²) in [6, 6.07) is 10.8. The van der Waals surface area contributed by atoms with E-state index in [4.69, 9.17) is 0 Å². The van der Waals surface area contributed by atoms with E-state index in [1.165, 1.54) is 11.4 Å². The Morgan fingerprint density at radius 3 is 2.63 bits per heavy atom. The van der Waals surface area contributed by atoms with Crippen molar-refractivity contribution in [1.82, 2.24) is 5.32 Å². The molecule has 0 radical (unpaired) electrons. The van der Waals surface area contributed by atoms with E-state index in [0.29, 0.717) is 0 Å². The Bertz CT molecular complexity index is 479. The van der Waals surface area contributed by atoms with E-state index in [1.807, 2.05) is 14.0 Å². The Hall–Kier alpha value is -1.73. The molecule has 4 nitrogen and oxygen atoms in total. The maximum atomic E-state index is 9.21. The first-order valence-electron chi connectivity index (χ1n) is 6.75. The van der Waals surface area contributed by atoms with E-state index in [0.717, 1.165) is 26.1 Å². The summed E-state index contributed by atoms with van der Waals surface area (Å²) < 4.78 is 0. The molecule has 1 aliphatic heterocycles. The van der Waals surface area contributed by atoms with E-state index in [2.05, 4.69) is 52.5 Å². The second-order valence-corrected chi connectivity index (χ2v) is 5.34. The van der Waals surface area contributed by atoms with Gasteiger partial charge in [-0.05, 0) is 32.5 Å². The lowest BCUT2D eigenvalue weighted by molar-refractivity contribution is 0.452. The number of rotatable bonds is 4. The molecule has 0 fully saturated rings. The van der Waals surface area contributed by atoms with Gasteiger partial charge in [-0.15, -0.1) is 0 Å². The summed E-state index contributed by atoms with van der Waals surface area (Å²) in [6.07, 6.45) is 0.818. The van der Waals surface area contributed by atoms with Crippen LogP contribution in [0.2, 0.25) is 0 Å². The lowest BCUT2D eigenvalue weighted by Gasteiger charge is -2.38. The van der Waals surface area contributed by atoms with Gasteiger partial charge in [0, 0.05) is 26.7 Å². The molecule has 0 bridgehead atoms. The van der Waals surface area contributed by atoms with Crippen LogP contribution in [-0.2, 0) is 0 Å². The highest BCUT2D eigenvalue weighted by Crippen LogP contribution is 2.32. The highest BCUT2D eigenvalue weighted by atomic mass is 15.2. The van der Waals surface area contributed by atoms with Gasteiger partial charge in [0.15, 0.2) is 0 Å². The first-order chi connectivity index (χ1) is 9.09. The zero-order valence-corrected chi connectivity index (χ0v) is 12.0. The summed E-state index contributed by atoms with van der Waals surface area (Å²) in [5.41, 5.74) is 2.10. The quantitative estimate of drug-likeness (QED) is 0.895. The Labute approximate surface area is 115 Å². The molecule has 1 N–H and O–H groups in total. The number of nitrogens with one attached hydrogen (secondary N) is 1. The lowest BCUT2D eigenvalue weighted by atomic mass is 9.99. The molecule has 0 saturated carbocycles. The molecule has 0 saturated heterocycles. The minimum atomic E-state index is -0.446. The van der Waals surface area contributed by atoms with Gasteiger partial charge < -0.3 is 15.1 Å². The van der Waals surface area contributed by atoms with Crippen LogP contribution >= 0.6 is 0 Å². The van der Waals surface area contributed by atoms with Gasteiger partial charge in [-0.25, -0.2) is 0 Å². The predicted molar refractivity (Wildman–Crippen MR) is 79.6 cm³/mol. The van der Waals surface area contributed by atoms with Crippen LogP contribution < -0.4 is 15.1 Å². The normalized spacial score (nSPS) is 17.6. The molecule has 0 amide bonds. The SMILES string of the molecule is CNC(C)(C#N)CCN1CCN(C)c2ccccc21. The summed E-state index contributed by atoms with van der Waals surface area (Å²) in [5, 5.41) is 12.3. The number of hydrogen-bond donors (Lipinski definition) is 1. The Morgan fingerprint density at radius 1 is 1.32 bits per heavy atom. The molecule has 1 aromatic rings. The molecule has 1 unspecified atom stereocenters. The first-order valence-corrected chi connectivity index (χ1v) is 6.75. The van der Waals surface area contributed by atoms with Crippen molar-refractivity contribution in [2.24, 2.45) is 0 Å². The lowest BCUT2D eigenvalue weighted by Crippen LogP contribution is -2.45. The molecule has 0 aromatic heterocycles. The molecule has 1 aromatic carbocycles. The van der Waals surface area contributed by atoms with Crippen molar-refractivity contribution in [2.75, 3.05) is 43.5 Å². The molecular formula is C15H22N4. The van der Waals surface area contributed by atoms with E-state index >= 15 is 0 Å². The van der Waals surface area contributed by atoms with Gasteiger partial charge in [0.2, 0.25) is 0 Å². The van der Waals surface area contributed by atoms with Gasteiger partial charge in [-0.2, -0.15) is 5.26 Å². The van der Waals surface area contributed by atoms with Crippen molar-refractivity contribution in [3.8, 4) is 6.07 Å². The largest absolute Gasteiger partial charge is 0.371 e. The molecular weight excluding hydrogens is 236 g/mol. The zero-order valence-electron chi connectivity index (χ0n) is 12.0. The van der Waals surface area contributed by atoms with Crippen LogP contribution in [-0.4, -0.2) is 39.3 Å². The van der Waals surface area contributed by atoms with Crippen LogP contribution in [0, 0.1) is 11.3 Å². The Kier molecular flexibility index (Phi) is 3.96. The van der Waals surface area contributed by atoms with Gasteiger partial charge in [0.05, 0.1) is 17.4 Å². The number of nitrogens with zero attached hydrogens (tertiary/aromatic N) is 3. The van der Waals surface area contributed by atoms with Crippen molar-refractivity contribution >= 4 is 11.4 Å². The minimum absolute atomic E-state index is 0.446. The standard InChI is InChI=1S/C15H22N4/c1-15(12-16,17-2)8-9-19-11-10-18(3)13-6-4-5-7-14(13)19/h4-7,17H,8-11H2,1-3H3. The number of para-hydroxylation sites is 2. The van der Waals surface area contributed by atoms with Crippen LogP contribution in [0.1, 0.15) is 13.3 Å². The maximum absolute atomic E-state index is 9.21. The van der Waals surface area contributed by atoms with E-state index in [-0.39, 0.29) is 0 Å². The summed E-state index contributed by atoms with van der Waals surface area (Å²) >= 11 is 0. The van der Waals surface area contributed by atoms with Gasteiger partial charge >= 0.3 is 0 Å². The fraction of sp³-hybridized carbons (Fsp3) is 0.533. The molecule has 1 atom stereocenters. The van der Waals surface area contributed by atoms with Gasteiger partial charge in [0.25, 0.3) is 0 Å². The van der Waals surface area contributed by atoms with Crippen molar-refractivity contribution in [1.29, 1.82) is 5.26 Å². The minimum Gasteiger partial charge on any atom is -0.371 e. The number of hydrogen-bond acceptors (Lipinski definition) is 4. The van der Waals surface area contributed by atoms with Crippen LogP contribution in [0.5, 0.6) is 0 Å². The van der Waals surface area contributed by atoms with E-state index in [9.17, 15) is 5.26 Å². The third-order valence-electron chi connectivity index (χ3n) is 4.02. The summed E-state index contributed by atoms with van der Waals surface area (Å²) in [5.74, 6) is 0. The van der Waals surface area contributed by atoms with Crippen molar-refractivity contribution < 1.29 is 0 Å². The average molecular weight is 258 g/mol. The third-order valence-corrected chi connectivity index (χ3v) is 4.02. The molecule has 102 valence electrons. The molecule has 0 spiro atoms. The maximum Gasteiger partial charge on any atom is 0.105 e. The first kappa shape index (κ1) is 13.7. The topological polar surface area (TPSA) is 42.3 Å². The van der Waals surface area contributed by atoms with E-state index in [1.54, 1.807) is 0 Å². The van der Waals surface area contributed by atoms with Crippen LogP contribution in [0.4, 0.5) is 11.4 Å². The van der Waals surface area contributed by atoms with Crippen LogP contribution in [0.25, 0.3) is 0 Å². The average Bonchev–Trinajstić information content (AvgIpc) is 2.46. The van der Waals surface area contributed by atoms with Crippen LogP contribution in [0.3, 0.4) is 0 Å². The molecule has 0 aliphatic carbocycles. The summed E-state index contributed by atoms with van der Waals surface area (Å²) in [7, 11) is 3.98. The smallest absolute Gasteiger partial charge is 0.105 e. The number of likely N-dealkylation sites (N-methyl/N-ethyl adjacent to an activating group) is 1. The monoisotopic (exact) mass is 258 g/mol. The molecule has 1 heterocycles. The Balaban J connectivity index is 2.11. The van der Waals surface area contributed by atoms with Crippen molar-refractivity contribution in [2.45, 2.75) is 18.9 Å². The fourth-order valence-corrected chi connectivity index (χ4v) is 2.39. The van der Waals surface area contributed by atoms with Gasteiger partial charge in [0.1, 0.15) is 5.54 Å². The molecule has 1 aliphatic rings. The highest BCUT2D eigenvalue weighted by molar-refractivity contribution is 5.73. The fourth-order valence-electron chi connectivity index (χ4n) is 2.39. The van der Waals surface area contributed by atoms with E-state index < -0.39 is 5.54 Å². The van der Waals surface area contributed by atoms with Gasteiger partial charge in [-0.3, -0.25) is 0 Å². The predicted octanol–water partition coefficient (Wildman–Crippen LogP) is 1.83. The number of fused-ring (bicyclic) bond motifs is 1. The second-order valence-electron chi connectivity index (χ2n) is 5.34. The number of nitriles is 1. The van der Waals surface area contributed by atoms with Crippen molar-refractivity contribution in [3.05, 3.63) is 24.3 Å². The Morgan fingerprint density at radius 2 is 2.00 bits per heavy atom. The second kappa shape index (κ2) is 5.50. The summed E-state index contributed by atoms with van der Waals surface area (Å²) in [6.45, 7) is 4.89. The molecule has 2 rings (SSSR count). The summed E-state index contributed by atoms with van der Waals surface area (Å²) in [4.78, 5) is 4.66. The van der Waals surface area contributed by atoms with Gasteiger partial charge in [-0.1, -0.05) is 12.1 Å².